The van der Waals surface area contributed by atoms with Crippen LogP contribution in [0.4, 0.5) is 0 Å². The molecule has 0 aliphatic carbocycles. The first-order valence-electron chi connectivity index (χ1n) is 25.8. The molecule has 368 valence electrons. The number of unbranched alkanes of at least 4 members (excludes halogenated alkanes) is 10. The molecule has 0 fully saturated rings. The number of esters is 3. The van der Waals surface area contributed by atoms with Crippen LogP contribution in [0.25, 0.3) is 0 Å². The molecule has 0 aromatic carbocycles. The van der Waals surface area contributed by atoms with Crippen LogP contribution in [0.2, 0.25) is 0 Å². The van der Waals surface area contributed by atoms with Crippen LogP contribution in [0, 0.1) is 0 Å². The van der Waals surface area contributed by atoms with Gasteiger partial charge in [0.25, 0.3) is 0 Å². The molecule has 0 bridgehead atoms. The Balaban J connectivity index is 4.60. The quantitative estimate of drug-likeness (QED) is 0.0262. The standard InChI is InChI=1S/C60H92O6/c1-4-7-10-13-16-19-22-25-27-28-29-30-31-32-34-35-38-41-44-47-50-53-59(62)65-56-57(55-64-58(61)52-49-46-43-40-37-24-21-18-15-12-9-6-3)66-60(63)54-51-48-45-42-39-36-33-26-23-20-17-14-11-8-5-2/h7-8,10-11,16-21,25-27,29-30,32-34,38-39,41-42,48,51,57H,4-6,9,12-15,22-24,28,31,35-37,40,43-47,49-50,52-56H2,1-3H3/b10-7-,11-8-,19-16-,20-17-,21-18-,27-25-,30-29-,33-26-,34-32-,41-38-,42-39-,51-48-. The van der Waals surface area contributed by atoms with Gasteiger partial charge in [-0.2, -0.15) is 0 Å². The maximum Gasteiger partial charge on any atom is 0.310 e. The molecular weight excluding hydrogens is 817 g/mol. The van der Waals surface area contributed by atoms with Crippen LogP contribution in [0.15, 0.2) is 146 Å². The molecule has 0 aromatic heterocycles. The predicted octanol–water partition coefficient (Wildman–Crippen LogP) is 17.3. The molecule has 0 saturated carbocycles. The van der Waals surface area contributed by atoms with Crippen LogP contribution in [-0.4, -0.2) is 37.2 Å². The van der Waals surface area contributed by atoms with Crippen LogP contribution < -0.4 is 0 Å². The topological polar surface area (TPSA) is 78.9 Å². The van der Waals surface area contributed by atoms with Gasteiger partial charge in [0.2, 0.25) is 0 Å². The van der Waals surface area contributed by atoms with Crippen molar-refractivity contribution in [2.45, 2.75) is 200 Å². The van der Waals surface area contributed by atoms with Crippen molar-refractivity contribution in [1.29, 1.82) is 0 Å². The number of carbonyl (C=O) groups excluding carboxylic acids is 3. The molecule has 0 radical (unpaired) electrons. The molecule has 0 aliphatic rings. The van der Waals surface area contributed by atoms with Crippen molar-refractivity contribution in [3.05, 3.63) is 146 Å². The smallest absolute Gasteiger partial charge is 0.310 e. The van der Waals surface area contributed by atoms with Gasteiger partial charge < -0.3 is 14.2 Å². The molecule has 6 heteroatoms. The average Bonchev–Trinajstić information content (AvgIpc) is 3.31. The Morgan fingerprint density at radius 1 is 0.333 bits per heavy atom. The lowest BCUT2D eigenvalue weighted by molar-refractivity contribution is -0.166. The van der Waals surface area contributed by atoms with Gasteiger partial charge in [0.15, 0.2) is 6.10 Å². The zero-order valence-corrected chi connectivity index (χ0v) is 41.9. The molecule has 0 aromatic rings. The van der Waals surface area contributed by atoms with E-state index in [1.807, 2.05) is 6.08 Å². The van der Waals surface area contributed by atoms with E-state index in [0.29, 0.717) is 19.3 Å². The second-order valence-corrected chi connectivity index (χ2v) is 16.3. The van der Waals surface area contributed by atoms with Crippen molar-refractivity contribution in [2.75, 3.05) is 13.2 Å². The third kappa shape index (κ3) is 50.3. The van der Waals surface area contributed by atoms with E-state index in [2.05, 4.69) is 154 Å². The maximum absolute atomic E-state index is 12.7. The van der Waals surface area contributed by atoms with E-state index in [1.165, 1.54) is 32.1 Å². The van der Waals surface area contributed by atoms with E-state index in [9.17, 15) is 14.4 Å². The third-order valence-electron chi connectivity index (χ3n) is 10.1. The highest BCUT2D eigenvalue weighted by Gasteiger charge is 2.19. The normalized spacial score (nSPS) is 13.3. The summed E-state index contributed by atoms with van der Waals surface area (Å²) in [5.41, 5.74) is 0. The zero-order chi connectivity index (χ0) is 47.9. The summed E-state index contributed by atoms with van der Waals surface area (Å²) in [4.78, 5) is 37.9. The van der Waals surface area contributed by atoms with Crippen molar-refractivity contribution >= 4 is 17.9 Å². The van der Waals surface area contributed by atoms with Crippen LogP contribution in [0.5, 0.6) is 0 Å². The lowest BCUT2D eigenvalue weighted by atomic mass is 10.1. The fourth-order valence-electron chi connectivity index (χ4n) is 6.28. The Morgan fingerprint density at radius 2 is 0.636 bits per heavy atom. The molecule has 1 unspecified atom stereocenters. The Morgan fingerprint density at radius 3 is 1.05 bits per heavy atom. The minimum atomic E-state index is -0.859. The average molecular weight is 909 g/mol. The third-order valence-corrected chi connectivity index (χ3v) is 10.1. The largest absolute Gasteiger partial charge is 0.462 e. The number of hydrogen-bond acceptors (Lipinski definition) is 6. The van der Waals surface area contributed by atoms with Gasteiger partial charge in [-0.3, -0.25) is 14.4 Å². The molecule has 0 N–H and O–H groups in total. The van der Waals surface area contributed by atoms with E-state index in [0.717, 1.165) is 109 Å². The van der Waals surface area contributed by atoms with Gasteiger partial charge in [0.1, 0.15) is 13.2 Å². The molecule has 6 nitrogen and oxygen atoms in total. The number of ether oxygens (including phenoxy) is 3. The second-order valence-electron chi connectivity index (χ2n) is 16.3. The molecule has 0 amide bonds. The van der Waals surface area contributed by atoms with Gasteiger partial charge >= 0.3 is 17.9 Å². The van der Waals surface area contributed by atoms with Gasteiger partial charge in [0.05, 0.1) is 6.42 Å². The van der Waals surface area contributed by atoms with Crippen molar-refractivity contribution in [1.82, 2.24) is 0 Å². The van der Waals surface area contributed by atoms with Crippen molar-refractivity contribution in [2.24, 2.45) is 0 Å². The molecular formula is C60H92O6. The highest BCUT2D eigenvalue weighted by molar-refractivity contribution is 5.72. The predicted molar refractivity (Wildman–Crippen MR) is 283 cm³/mol. The highest BCUT2D eigenvalue weighted by atomic mass is 16.6. The first-order chi connectivity index (χ1) is 32.5. The first-order valence-corrected chi connectivity index (χ1v) is 25.8. The minimum absolute atomic E-state index is 0.0785. The molecule has 0 heterocycles. The van der Waals surface area contributed by atoms with E-state index >= 15 is 0 Å². The molecule has 0 rings (SSSR count). The monoisotopic (exact) mass is 909 g/mol. The summed E-state index contributed by atoms with van der Waals surface area (Å²) < 4.78 is 16.6. The maximum atomic E-state index is 12.7. The molecule has 1 atom stereocenters. The van der Waals surface area contributed by atoms with E-state index < -0.39 is 12.1 Å². The van der Waals surface area contributed by atoms with Gasteiger partial charge in [0, 0.05) is 12.8 Å². The van der Waals surface area contributed by atoms with Gasteiger partial charge in [-0.05, 0) is 122 Å². The summed E-state index contributed by atoms with van der Waals surface area (Å²) in [5.74, 6) is -1.14. The Labute approximate surface area is 404 Å². The lowest BCUT2D eigenvalue weighted by Crippen LogP contribution is -2.30. The fourth-order valence-corrected chi connectivity index (χ4v) is 6.28. The first kappa shape index (κ1) is 61.3. The zero-order valence-electron chi connectivity index (χ0n) is 41.9. The molecule has 0 aliphatic heterocycles. The second kappa shape index (κ2) is 52.9. The van der Waals surface area contributed by atoms with Crippen molar-refractivity contribution in [3.8, 4) is 0 Å². The van der Waals surface area contributed by atoms with Gasteiger partial charge in [-0.15, -0.1) is 0 Å². The summed E-state index contributed by atoms with van der Waals surface area (Å²) in [6.45, 7) is 6.22. The number of hydrogen-bond donors (Lipinski definition) is 0. The number of carbonyl (C=O) groups is 3. The molecule has 0 saturated heterocycles. The van der Waals surface area contributed by atoms with E-state index in [1.54, 1.807) is 6.08 Å². The summed E-state index contributed by atoms with van der Waals surface area (Å²) in [5, 5.41) is 0. The van der Waals surface area contributed by atoms with E-state index in [4.69, 9.17) is 14.2 Å². The summed E-state index contributed by atoms with van der Waals surface area (Å²) in [6, 6.07) is 0. The van der Waals surface area contributed by atoms with Gasteiger partial charge in [-0.1, -0.05) is 199 Å². The molecule has 0 spiro atoms. The van der Waals surface area contributed by atoms with Crippen molar-refractivity contribution in [3.63, 3.8) is 0 Å². The van der Waals surface area contributed by atoms with Crippen LogP contribution in [0.1, 0.15) is 194 Å². The van der Waals surface area contributed by atoms with Gasteiger partial charge in [-0.25, -0.2) is 0 Å². The number of allylic oxidation sites excluding steroid dienone is 23. The summed E-state index contributed by atoms with van der Waals surface area (Å²) >= 11 is 0. The Hall–Kier alpha value is -4.71. The SMILES string of the molecule is CC/C=C\C/C=C\C/C=C\C/C=C\C/C=C\C/C=C\CCCCC(=O)OCC(COC(=O)CCCCCCC/C=C\CCCCC)OC(=O)C/C=C\C/C=C\C/C=C\C/C=C\C/C=C\CC. The highest BCUT2D eigenvalue weighted by Crippen LogP contribution is 2.11. The van der Waals surface area contributed by atoms with Crippen LogP contribution in [-0.2, 0) is 28.6 Å². The summed E-state index contributed by atoms with van der Waals surface area (Å²) in [7, 11) is 0. The van der Waals surface area contributed by atoms with Crippen LogP contribution in [0.3, 0.4) is 0 Å². The number of rotatable bonds is 44. The van der Waals surface area contributed by atoms with E-state index in [-0.39, 0.29) is 38.0 Å². The Bertz CT molecular complexity index is 1510. The van der Waals surface area contributed by atoms with Crippen LogP contribution >= 0.6 is 0 Å². The summed E-state index contributed by atoms with van der Waals surface area (Å²) in [6.07, 6.45) is 75.7. The van der Waals surface area contributed by atoms with Crippen molar-refractivity contribution < 1.29 is 28.6 Å². The fraction of sp³-hybridized carbons (Fsp3) is 0.550. The molecule has 66 heavy (non-hydrogen) atoms. The Kier molecular flexibility index (Phi) is 49.1. The minimum Gasteiger partial charge on any atom is -0.462 e. The lowest BCUT2D eigenvalue weighted by Gasteiger charge is -2.18.